The second-order valence-corrected chi connectivity index (χ2v) is 6.56. The van der Waals surface area contributed by atoms with Gasteiger partial charge in [0.05, 0.1) is 11.0 Å². The standard InChI is InChI=1S/C12H17FN2O3S/c1-9-8-15(3-2-4-18-9)19(16,17)12-6-10(13)5-11(14)7-12/h5-7,9H,2-4,8,14H2,1H3. The van der Waals surface area contributed by atoms with Crippen LogP contribution in [0.1, 0.15) is 13.3 Å². The number of nitrogens with zero attached hydrogens (tertiary/aromatic N) is 1. The maximum atomic E-state index is 13.3. The number of benzene rings is 1. The van der Waals surface area contributed by atoms with Gasteiger partial charge in [-0.3, -0.25) is 0 Å². The highest BCUT2D eigenvalue weighted by Crippen LogP contribution is 2.22. The summed E-state index contributed by atoms with van der Waals surface area (Å²) in [6.45, 7) is 2.97. The zero-order chi connectivity index (χ0) is 14.0. The first-order valence-corrected chi connectivity index (χ1v) is 7.51. The average molecular weight is 288 g/mol. The number of nitrogens with two attached hydrogens (primary N) is 1. The van der Waals surface area contributed by atoms with E-state index in [1.54, 1.807) is 0 Å². The molecular weight excluding hydrogens is 271 g/mol. The summed E-state index contributed by atoms with van der Waals surface area (Å²) < 4.78 is 44.9. The van der Waals surface area contributed by atoms with Gasteiger partial charge < -0.3 is 10.5 Å². The lowest BCUT2D eigenvalue weighted by Gasteiger charge is -2.21. The Kier molecular flexibility index (Phi) is 4.07. The van der Waals surface area contributed by atoms with Gasteiger partial charge in [0, 0.05) is 25.4 Å². The third-order valence-corrected chi connectivity index (χ3v) is 4.79. The van der Waals surface area contributed by atoms with E-state index in [1.165, 1.54) is 10.4 Å². The van der Waals surface area contributed by atoms with E-state index in [2.05, 4.69) is 0 Å². The van der Waals surface area contributed by atoms with Crippen molar-refractivity contribution in [3.05, 3.63) is 24.0 Å². The fourth-order valence-corrected chi connectivity index (χ4v) is 3.68. The molecule has 0 amide bonds. The van der Waals surface area contributed by atoms with Gasteiger partial charge in [0.2, 0.25) is 10.0 Å². The van der Waals surface area contributed by atoms with Crippen LogP contribution in [0, 0.1) is 5.82 Å². The zero-order valence-corrected chi connectivity index (χ0v) is 11.5. The summed E-state index contributed by atoms with van der Waals surface area (Å²) in [5.41, 5.74) is 5.59. The number of sulfonamides is 1. The Hall–Kier alpha value is -1.18. The topological polar surface area (TPSA) is 72.6 Å². The molecule has 1 saturated heterocycles. The molecule has 7 heteroatoms. The minimum Gasteiger partial charge on any atom is -0.399 e. The van der Waals surface area contributed by atoms with Crippen molar-refractivity contribution in [2.24, 2.45) is 0 Å². The number of hydrogen-bond donors (Lipinski definition) is 1. The smallest absolute Gasteiger partial charge is 0.243 e. The molecule has 0 radical (unpaired) electrons. The minimum absolute atomic E-state index is 0.0951. The number of nitrogen functional groups attached to an aromatic ring is 1. The first-order valence-electron chi connectivity index (χ1n) is 6.07. The molecule has 2 rings (SSSR count). The van der Waals surface area contributed by atoms with E-state index in [4.69, 9.17) is 10.5 Å². The Labute approximate surface area is 112 Å². The van der Waals surface area contributed by atoms with Crippen molar-refractivity contribution in [2.45, 2.75) is 24.3 Å². The highest BCUT2D eigenvalue weighted by atomic mass is 32.2. The first-order chi connectivity index (χ1) is 8.89. The normalized spacial score (nSPS) is 22.1. The predicted octanol–water partition coefficient (Wildman–Crippen LogP) is 1.21. The molecule has 1 heterocycles. The molecule has 1 aliphatic rings. The minimum atomic E-state index is -3.73. The summed E-state index contributed by atoms with van der Waals surface area (Å²) in [6.07, 6.45) is 0.442. The highest BCUT2D eigenvalue weighted by Gasteiger charge is 2.28. The number of anilines is 1. The van der Waals surface area contributed by atoms with Crippen LogP contribution in [0.4, 0.5) is 10.1 Å². The molecule has 1 aliphatic heterocycles. The molecule has 19 heavy (non-hydrogen) atoms. The second kappa shape index (κ2) is 5.44. The van der Waals surface area contributed by atoms with Crippen molar-refractivity contribution in [1.29, 1.82) is 0 Å². The number of hydrogen-bond acceptors (Lipinski definition) is 4. The van der Waals surface area contributed by atoms with Gasteiger partial charge in [-0.2, -0.15) is 4.31 Å². The van der Waals surface area contributed by atoms with Crippen molar-refractivity contribution >= 4 is 15.7 Å². The van der Waals surface area contributed by atoms with Crippen molar-refractivity contribution in [3.8, 4) is 0 Å². The molecular formula is C12H17FN2O3S. The van der Waals surface area contributed by atoms with Crippen LogP contribution in [-0.2, 0) is 14.8 Å². The summed E-state index contributed by atoms with van der Waals surface area (Å²) >= 11 is 0. The summed E-state index contributed by atoms with van der Waals surface area (Å²) in [7, 11) is -3.73. The molecule has 1 aromatic carbocycles. The lowest BCUT2D eigenvalue weighted by Crippen LogP contribution is -2.36. The van der Waals surface area contributed by atoms with Gasteiger partial charge in [-0.1, -0.05) is 0 Å². The molecule has 1 atom stereocenters. The predicted molar refractivity (Wildman–Crippen MR) is 69.6 cm³/mol. The number of ether oxygens (including phenoxy) is 1. The third kappa shape index (κ3) is 3.23. The number of rotatable bonds is 2. The average Bonchev–Trinajstić information content (AvgIpc) is 2.53. The summed E-state index contributed by atoms with van der Waals surface area (Å²) in [4.78, 5) is -0.112. The third-order valence-electron chi connectivity index (χ3n) is 2.95. The largest absolute Gasteiger partial charge is 0.399 e. The van der Waals surface area contributed by atoms with Crippen molar-refractivity contribution in [3.63, 3.8) is 0 Å². The fourth-order valence-electron chi connectivity index (χ4n) is 2.06. The monoisotopic (exact) mass is 288 g/mol. The zero-order valence-electron chi connectivity index (χ0n) is 10.7. The van der Waals surface area contributed by atoms with E-state index in [-0.39, 0.29) is 23.2 Å². The van der Waals surface area contributed by atoms with Crippen LogP contribution in [0.15, 0.2) is 23.1 Å². The molecule has 106 valence electrons. The molecule has 2 N–H and O–H groups in total. The molecule has 1 fully saturated rings. The Morgan fingerprint density at radius 2 is 2.16 bits per heavy atom. The van der Waals surface area contributed by atoms with Crippen LogP contribution >= 0.6 is 0 Å². The highest BCUT2D eigenvalue weighted by molar-refractivity contribution is 7.89. The van der Waals surface area contributed by atoms with Crippen LogP contribution in [-0.4, -0.2) is 38.5 Å². The summed E-state index contributed by atoms with van der Waals surface area (Å²) in [5, 5.41) is 0. The SMILES string of the molecule is CC1CN(S(=O)(=O)c2cc(N)cc(F)c2)CCCO1. The van der Waals surface area contributed by atoms with E-state index in [1.807, 2.05) is 6.92 Å². The molecule has 0 spiro atoms. The quantitative estimate of drug-likeness (QED) is 0.830. The summed E-state index contributed by atoms with van der Waals surface area (Å²) in [5.74, 6) is -0.655. The van der Waals surface area contributed by atoms with E-state index >= 15 is 0 Å². The molecule has 0 saturated carbocycles. The van der Waals surface area contributed by atoms with Gasteiger partial charge in [0.1, 0.15) is 5.82 Å². The van der Waals surface area contributed by atoms with Crippen molar-refractivity contribution < 1.29 is 17.5 Å². The van der Waals surface area contributed by atoms with E-state index in [0.717, 1.165) is 12.1 Å². The Bertz CT molecular complexity index is 542. The number of halogens is 1. The fraction of sp³-hybridized carbons (Fsp3) is 0.500. The molecule has 1 unspecified atom stereocenters. The van der Waals surface area contributed by atoms with Gasteiger partial charge in [0.25, 0.3) is 0 Å². The lowest BCUT2D eigenvalue weighted by atomic mass is 10.3. The second-order valence-electron chi connectivity index (χ2n) is 4.62. The maximum absolute atomic E-state index is 13.3. The van der Waals surface area contributed by atoms with Gasteiger partial charge in [0.15, 0.2) is 0 Å². The van der Waals surface area contributed by atoms with E-state index in [0.29, 0.717) is 19.6 Å². The molecule has 0 aromatic heterocycles. The van der Waals surface area contributed by atoms with Gasteiger partial charge in [-0.15, -0.1) is 0 Å². The Morgan fingerprint density at radius 1 is 1.42 bits per heavy atom. The van der Waals surface area contributed by atoms with Crippen LogP contribution in [0.25, 0.3) is 0 Å². The van der Waals surface area contributed by atoms with Crippen LogP contribution in [0.2, 0.25) is 0 Å². The Balaban J connectivity index is 2.35. The van der Waals surface area contributed by atoms with Gasteiger partial charge in [-0.25, -0.2) is 12.8 Å². The van der Waals surface area contributed by atoms with Crippen molar-refractivity contribution in [2.75, 3.05) is 25.4 Å². The van der Waals surface area contributed by atoms with Crippen LogP contribution in [0.3, 0.4) is 0 Å². The molecule has 0 aliphatic carbocycles. The van der Waals surface area contributed by atoms with Crippen LogP contribution < -0.4 is 5.73 Å². The van der Waals surface area contributed by atoms with E-state index in [9.17, 15) is 12.8 Å². The molecule has 1 aromatic rings. The molecule has 5 nitrogen and oxygen atoms in total. The Morgan fingerprint density at radius 3 is 2.84 bits per heavy atom. The summed E-state index contributed by atoms with van der Waals surface area (Å²) in [6, 6.07) is 3.35. The van der Waals surface area contributed by atoms with Crippen LogP contribution in [0.5, 0.6) is 0 Å². The van der Waals surface area contributed by atoms with Gasteiger partial charge >= 0.3 is 0 Å². The maximum Gasteiger partial charge on any atom is 0.243 e. The van der Waals surface area contributed by atoms with Gasteiger partial charge in [-0.05, 0) is 31.5 Å². The molecule has 0 bridgehead atoms. The first kappa shape index (κ1) is 14.2. The lowest BCUT2D eigenvalue weighted by molar-refractivity contribution is 0.0752. The van der Waals surface area contributed by atoms with E-state index < -0.39 is 15.8 Å². The van der Waals surface area contributed by atoms with Crippen molar-refractivity contribution in [1.82, 2.24) is 4.31 Å².